The molecule has 1 N–H and O–H groups in total. The molecule has 2 aromatic rings. The molecule has 25 heavy (non-hydrogen) atoms. The molecular weight excluding hydrogens is 347 g/mol. The Morgan fingerprint density at radius 2 is 1.96 bits per heavy atom. The van der Waals surface area contributed by atoms with Gasteiger partial charge in [0.15, 0.2) is 5.13 Å². The van der Waals surface area contributed by atoms with Gasteiger partial charge >= 0.3 is 0 Å². The highest BCUT2D eigenvalue weighted by molar-refractivity contribution is 7.14. The molecule has 0 saturated carbocycles. The quantitative estimate of drug-likeness (QED) is 0.875. The molecule has 0 unspecified atom stereocenters. The largest absolute Gasteiger partial charge is 0.347 e. The molecule has 2 rings (SSSR count). The molecule has 0 spiro atoms. The molecular formula is C16H17FN4O3S. The highest BCUT2D eigenvalue weighted by atomic mass is 32.1. The lowest BCUT2D eigenvalue weighted by Gasteiger charge is -2.18. The van der Waals surface area contributed by atoms with E-state index in [1.54, 1.807) is 14.1 Å². The van der Waals surface area contributed by atoms with E-state index in [2.05, 4.69) is 10.3 Å². The summed E-state index contributed by atoms with van der Waals surface area (Å²) < 4.78 is 13.2. The van der Waals surface area contributed by atoms with Gasteiger partial charge in [-0.1, -0.05) is 6.07 Å². The first-order chi connectivity index (χ1) is 11.8. The van der Waals surface area contributed by atoms with Crippen molar-refractivity contribution in [2.24, 2.45) is 0 Å². The summed E-state index contributed by atoms with van der Waals surface area (Å²) in [6.07, 6.45) is 0. The second-order valence-electron chi connectivity index (χ2n) is 5.45. The number of amides is 3. The Hall–Kier alpha value is -2.81. The molecule has 132 valence electrons. The molecule has 0 radical (unpaired) electrons. The van der Waals surface area contributed by atoms with Crippen molar-refractivity contribution in [2.45, 2.75) is 0 Å². The Balaban J connectivity index is 2.03. The number of rotatable bonds is 5. The van der Waals surface area contributed by atoms with Crippen molar-refractivity contribution in [1.29, 1.82) is 0 Å². The average molecular weight is 364 g/mol. The Labute approximate surface area is 148 Å². The van der Waals surface area contributed by atoms with Gasteiger partial charge in [0.1, 0.15) is 11.5 Å². The maximum atomic E-state index is 13.2. The van der Waals surface area contributed by atoms with Crippen LogP contribution in [-0.2, 0) is 4.79 Å². The van der Waals surface area contributed by atoms with Gasteiger partial charge in [-0.25, -0.2) is 9.37 Å². The van der Waals surface area contributed by atoms with E-state index in [-0.39, 0.29) is 28.8 Å². The highest BCUT2D eigenvalue weighted by Crippen LogP contribution is 2.18. The zero-order chi connectivity index (χ0) is 18.6. The minimum atomic E-state index is -0.524. The summed E-state index contributed by atoms with van der Waals surface area (Å²) in [4.78, 5) is 42.6. The topological polar surface area (TPSA) is 82.6 Å². The summed E-state index contributed by atoms with van der Waals surface area (Å²) in [6.45, 7) is -0.0751. The number of hydrogen-bond donors (Lipinski definition) is 1. The van der Waals surface area contributed by atoms with Crippen LogP contribution >= 0.6 is 11.3 Å². The predicted molar refractivity (Wildman–Crippen MR) is 92.1 cm³/mol. The van der Waals surface area contributed by atoms with Gasteiger partial charge in [-0.2, -0.15) is 0 Å². The molecule has 0 aliphatic carbocycles. The molecule has 3 amide bonds. The third kappa shape index (κ3) is 4.83. The van der Waals surface area contributed by atoms with Crippen molar-refractivity contribution >= 4 is 34.2 Å². The van der Waals surface area contributed by atoms with Crippen molar-refractivity contribution in [3.05, 3.63) is 46.7 Å². The zero-order valence-electron chi connectivity index (χ0n) is 13.9. The fourth-order valence-corrected chi connectivity index (χ4v) is 2.52. The average Bonchev–Trinajstić information content (AvgIpc) is 3.02. The van der Waals surface area contributed by atoms with Crippen LogP contribution < -0.4 is 5.32 Å². The molecule has 0 saturated heterocycles. The molecule has 7 nitrogen and oxygen atoms in total. The lowest BCUT2D eigenvalue weighted by molar-refractivity contribution is -0.129. The molecule has 9 heteroatoms. The fraction of sp³-hybridized carbons (Fsp3) is 0.250. The minimum Gasteiger partial charge on any atom is -0.347 e. The van der Waals surface area contributed by atoms with E-state index < -0.39 is 17.6 Å². The maximum Gasteiger partial charge on any atom is 0.273 e. The van der Waals surface area contributed by atoms with Gasteiger partial charge in [0, 0.05) is 32.1 Å². The predicted octanol–water partition coefficient (Wildman–Crippen LogP) is 1.69. The van der Waals surface area contributed by atoms with Gasteiger partial charge < -0.3 is 9.80 Å². The first-order valence-electron chi connectivity index (χ1n) is 7.26. The Morgan fingerprint density at radius 1 is 1.24 bits per heavy atom. The number of aromatic nitrogens is 1. The van der Waals surface area contributed by atoms with E-state index in [0.717, 1.165) is 17.4 Å². The van der Waals surface area contributed by atoms with Gasteiger partial charge in [-0.05, 0) is 18.2 Å². The van der Waals surface area contributed by atoms with E-state index >= 15 is 0 Å². The van der Waals surface area contributed by atoms with Crippen molar-refractivity contribution in [2.75, 3.05) is 33.0 Å². The van der Waals surface area contributed by atoms with Crippen LogP contribution in [0.25, 0.3) is 0 Å². The number of halogens is 1. The molecule has 1 heterocycles. The summed E-state index contributed by atoms with van der Waals surface area (Å²) >= 11 is 1.07. The number of hydrogen-bond acceptors (Lipinski definition) is 5. The molecule has 0 aliphatic rings. The third-order valence-electron chi connectivity index (χ3n) is 3.25. The van der Waals surface area contributed by atoms with E-state index in [1.165, 1.54) is 40.4 Å². The molecule has 1 aromatic heterocycles. The van der Waals surface area contributed by atoms with Crippen LogP contribution in [0.15, 0.2) is 29.6 Å². The van der Waals surface area contributed by atoms with Crippen molar-refractivity contribution in [3.8, 4) is 0 Å². The van der Waals surface area contributed by atoms with Gasteiger partial charge in [0.25, 0.3) is 11.8 Å². The number of thiazole rings is 1. The third-order valence-corrected chi connectivity index (χ3v) is 4.01. The van der Waals surface area contributed by atoms with E-state index in [0.29, 0.717) is 0 Å². The van der Waals surface area contributed by atoms with Gasteiger partial charge in [0.05, 0.1) is 6.54 Å². The monoisotopic (exact) mass is 364 g/mol. The normalized spacial score (nSPS) is 10.2. The Kier molecular flexibility index (Phi) is 5.81. The molecule has 1 aromatic carbocycles. The zero-order valence-corrected chi connectivity index (χ0v) is 14.8. The number of likely N-dealkylation sites (N-methyl/N-ethyl adjacent to an activating group) is 2. The van der Waals surface area contributed by atoms with Crippen LogP contribution in [0.1, 0.15) is 20.8 Å². The summed E-state index contributed by atoms with van der Waals surface area (Å²) in [5.74, 6) is -1.69. The maximum absolute atomic E-state index is 13.2. The van der Waals surface area contributed by atoms with Crippen LogP contribution in [0.3, 0.4) is 0 Å². The first kappa shape index (κ1) is 18.5. The Morgan fingerprint density at radius 3 is 2.60 bits per heavy atom. The number of benzene rings is 1. The number of nitrogens with one attached hydrogen (secondary N) is 1. The van der Waals surface area contributed by atoms with Crippen LogP contribution in [0, 0.1) is 5.82 Å². The molecule has 0 atom stereocenters. The highest BCUT2D eigenvalue weighted by Gasteiger charge is 2.19. The summed E-state index contributed by atoms with van der Waals surface area (Å²) in [6, 6.07) is 5.24. The molecule has 0 bridgehead atoms. The van der Waals surface area contributed by atoms with Crippen molar-refractivity contribution in [3.63, 3.8) is 0 Å². The summed E-state index contributed by atoms with van der Waals surface area (Å²) in [7, 11) is 4.70. The van der Waals surface area contributed by atoms with Crippen LogP contribution in [-0.4, -0.2) is 60.2 Å². The molecule has 0 aliphatic heterocycles. The van der Waals surface area contributed by atoms with Crippen LogP contribution in [0.2, 0.25) is 0 Å². The van der Waals surface area contributed by atoms with Gasteiger partial charge in [-0.3, -0.25) is 19.7 Å². The number of nitrogens with zero attached hydrogens (tertiary/aromatic N) is 3. The second-order valence-corrected chi connectivity index (χ2v) is 6.31. The van der Waals surface area contributed by atoms with Crippen molar-refractivity contribution < 1.29 is 18.8 Å². The SMILES string of the molecule is CN(C)C(=O)CN(C)C(=O)c1csc(NC(=O)c2cccc(F)c2)n1. The summed E-state index contributed by atoms with van der Waals surface area (Å²) in [5.41, 5.74) is 0.269. The van der Waals surface area contributed by atoms with E-state index in [9.17, 15) is 18.8 Å². The second kappa shape index (κ2) is 7.84. The number of anilines is 1. The van der Waals surface area contributed by atoms with E-state index in [4.69, 9.17) is 0 Å². The fourth-order valence-electron chi connectivity index (χ4n) is 1.84. The lowest BCUT2D eigenvalue weighted by atomic mass is 10.2. The van der Waals surface area contributed by atoms with E-state index in [1.807, 2.05) is 0 Å². The lowest BCUT2D eigenvalue weighted by Crippen LogP contribution is -2.37. The first-order valence-corrected chi connectivity index (χ1v) is 8.14. The number of carbonyl (C=O) groups excluding carboxylic acids is 3. The Bertz CT molecular complexity index is 806. The molecule has 0 fully saturated rings. The van der Waals surface area contributed by atoms with Crippen LogP contribution in [0.4, 0.5) is 9.52 Å². The van der Waals surface area contributed by atoms with Crippen LogP contribution in [0.5, 0.6) is 0 Å². The minimum absolute atomic E-state index is 0.0751. The smallest absolute Gasteiger partial charge is 0.273 e. The number of carbonyl (C=O) groups is 3. The van der Waals surface area contributed by atoms with Crippen molar-refractivity contribution in [1.82, 2.24) is 14.8 Å². The van der Waals surface area contributed by atoms with Gasteiger partial charge in [0.2, 0.25) is 5.91 Å². The van der Waals surface area contributed by atoms with Gasteiger partial charge in [-0.15, -0.1) is 11.3 Å². The standard InChI is InChI=1S/C16H17FN4O3S/c1-20(2)13(22)8-21(3)15(24)12-9-25-16(18-12)19-14(23)10-5-4-6-11(17)7-10/h4-7,9H,8H2,1-3H3,(H,18,19,23). The summed E-state index contributed by atoms with van der Waals surface area (Å²) in [5, 5.41) is 4.21.